The molecule has 1 fully saturated rings. The molecule has 0 spiro atoms. The number of aryl methyl sites for hydroxylation is 2. The molecule has 2 heterocycles. The maximum absolute atomic E-state index is 12.4. The highest BCUT2D eigenvalue weighted by Crippen LogP contribution is 2.26. The van der Waals surface area contributed by atoms with Gasteiger partial charge in [0.05, 0.1) is 4.90 Å². The van der Waals surface area contributed by atoms with Crippen LogP contribution >= 0.6 is 11.3 Å². The minimum Gasteiger partial charge on any atom is -0.297 e. The number of likely N-dealkylation sites (tertiary alicyclic amines) is 1. The van der Waals surface area contributed by atoms with Gasteiger partial charge in [0.2, 0.25) is 10.0 Å². The van der Waals surface area contributed by atoms with Gasteiger partial charge in [0.15, 0.2) is 0 Å². The van der Waals surface area contributed by atoms with E-state index in [4.69, 9.17) is 0 Å². The van der Waals surface area contributed by atoms with Crippen LogP contribution in [0.25, 0.3) is 0 Å². The van der Waals surface area contributed by atoms with E-state index >= 15 is 0 Å². The molecule has 114 valence electrons. The second kappa shape index (κ2) is 5.75. The minimum absolute atomic E-state index is 0.136. The average Bonchev–Trinajstić information content (AvgIpc) is 2.97. The Morgan fingerprint density at radius 2 is 1.90 bits per heavy atom. The molecule has 1 aliphatic heterocycles. The summed E-state index contributed by atoms with van der Waals surface area (Å²) in [5.74, 6) is 0. The van der Waals surface area contributed by atoms with Crippen LogP contribution in [0.4, 0.5) is 0 Å². The van der Waals surface area contributed by atoms with Gasteiger partial charge in [0, 0.05) is 21.8 Å². The van der Waals surface area contributed by atoms with Crippen LogP contribution in [0.2, 0.25) is 0 Å². The van der Waals surface area contributed by atoms with Crippen LogP contribution in [0.3, 0.4) is 0 Å². The Balaban J connectivity index is 2.07. The predicted octanol–water partition coefficient (Wildman–Crippen LogP) is 2.52. The number of hydrogen-bond donors (Lipinski definition) is 1. The summed E-state index contributed by atoms with van der Waals surface area (Å²) < 4.78 is 27.6. The standard InChI is InChI=1S/C14H24N2O2S2/c1-11-9-13(12(2)19-11)20(17,18)15-10-14(3,4)16-7-5-6-8-16/h9,15H,5-8,10H2,1-4H3. The first-order valence-electron chi connectivity index (χ1n) is 7.04. The van der Waals surface area contributed by atoms with Crippen molar-refractivity contribution in [2.45, 2.75) is 51.0 Å². The van der Waals surface area contributed by atoms with E-state index in [0.717, 1.165) is 22.8 Å². The average molecular weight is 316 g/mol. The molecule has 0 saturated carbocycles. The zero-order valence-corrected chi connectivity index (χ0v) is 14.3. The Kier molecular flexibility index (Phi) is 4.59. The van der Waals surface area contributed by atoms with E-state index in [-0.39, 0.29) is 5.54 Å². The zero-order valence-electron chi connectivity index (χ0n) is 12.7. The molecular weight excluding hydrogens is 292 g/mol. The highest BCUT2D eigenvalue weighted by molar-refractivity contribution is 7.89. The van der Waals surface area contributed by atoms with Gasteiger partial charge in [-0.05, 0) is 59.7 Å². The molecule has 0 unspecified atom stereocenters. The van der Waals surface area contributed by atoms with Crippen molar-refractivity contribution in [3.63, 3.8) is 0 Å². The molecule has 1 N–H and O–H groups in total. The topological polar surface area (TPSA) is 49.4 Å². The third-order valence-electron chi connectivity index (χ3n) is 3.94. The van der Waals surface area contributed by atoms with E-state index in [1.54, 1.807) is 6.07 Å². The molecule has 0 radical (unpaired) electrons. The molecule has 0 amide bonds. The molecule has 0 atom stereocenters. The molecule has 1 aliphatic rings. The molecule has 1 saturated heterocycles. The summed E-state index contributed by atoms with van der Waals surface area (Å²) in [6.07, 6.45) is 2.41. The monoisotopic (exact) mass is 316 g/mol. The van der Waals surface area contributed by atoms with Gasteiger partial charge < -0.3 is 0 Å². The molecule has 0 aliphatic carbocycles. The van der Waals surface area contributed by atoms with Gasteiger partial charge in [0.1, 0.15) is 0 Å². The quantitative estimate of drug-likeness (QED) is 0.908. The van der Waals surface area contributed by atoms with Crippen molar-refractivity contribution in [3.05, 3.63) is 15.8 Å². The Morgan fingerprint density at radius 1 is 1.30 bits per heavy atom. The largest absolute Gasteiger partial charge is 0.297 e. The summed E-state index contributed by atoms with van der Waals surface area (Å²) in [7, 11) is -3.40. The zero-order chi connectivity index (χ0) is 15.0. The van der Waals surface area contributed by atoms with Crippen LogP contribution < -0.4 is 4.72 Å². The lowest BCUT2D eigenvalue weighted by Gasteiger charge is -2.35. The molecule has 1 aromatic rings. The number of hydrogen-bond acceptors (Lipinski definition) is 4. The van der Waals surface area contributed by atoms with E-state index in [9.17, 15) is 8.42 Å². The molecular formula is C14H24N2O2S2. The van der Waals surface area contributed by atoms with Crippen molar-refractivity contribution in [1.29, 1.82) is 0 Å². The Hall–Kier alpha value is -0.430. The first kappa shape index (κ1) is 15.9. The van der Waals surface area contributed by atoms with Gasteiger partial charge in [-0.25, -0.2) is 13.1 Å². The number of sulfonamides is 1. The first-order valence-corrected chi connectivity index (χ1v) is 9.34. The number of nitrogens with one attached hydrogen (secondary N) is 1. The van der Waals surface area contributed by atoms with Gasteiger partial charge in [-0.2, -0.15) is 0 Å². The van der Waals surface area contributed by atoms with Gasteiger partial charge in [-0.15, -0.1) is 11.3 Å². The first-order chi connectivity index (χ1) is 9.22. The Labute approximate surface area is 126 Å². The summed E-state index contributed by atoms with van der Waals surface area (Å²) in [5, 5.41) is 0. The maximum Gasteiger partial charge on any atom is 0.241 e. The molecule has 0 aromatic carbocycles. The lowest BCUT2D eigenvalue weighted by Crippen LogP contribution is -2.50. The second-order valence-electron chi connectivity index (χ2n) is 6.11. The van der Waals surface area contributed by atoms with Crippen molar-refractivity contribution >= 4 is 21.4 Å². The van der Waals surface area contributed by atoms with E-state index < -0.39 is 10.0 Å². The SMILES string of the molecule is Cc1cc(S(=O)(=O)NCC(C)(C)N2CCCC2)c(C)s1. The summed E-state index contributed by atoms with van der Waals surface area (Å²) in [6.45, 7) is 10.6. The lowest BCUT2D eigenvalue weighted by molar-refractivity contribution is 0.158. The molecule has 4 nitrogen and oxygen atoms in total. The van der Waals surface area contributed by atoms with Gasteiger partial charge in [-0.1, -0.05) is 0 Å². The smallest absolute Gasteiger partial charge is 0.241 e. The molecule has 0 bridgehead atoms. The Morgan fingerprint density at radius 3 is 2.40 bits per heavy atom. The van der Waals surface area contributed by atoms with Crippen LogP contribution in [-0.2, 0) is 10.0 Å². The fraction of sp³-hybridized carbons (Fsp3) is 0.714. The van der Waals surface area contributed by atoms with Crippen LogP contribution in [0, 0.1) is 13.8 Å². The summed E-state index contributed by atoms with van der Waals surface area (Å²) in [5.41, 5.74) is -0.136. The van der Waals surface area contributed by atoms with Crippen LogP contribution in [0.1, 0.15) is 36.4 Å². The Bertz CT molecular complexity index is 570. The number of nitrogens with zero attached hydrogens (tertiary/aromatic N) is 1. The van der Waals surface area contributed by atoms with Gasteiger partial charge in [0.25, 0.3) is 0 Å². The third kappa shape index (κ3) is 3.42. The van der Waals surface area contributed by atoms with Gasteiger partial charge >= 0.3 is 0 Å². The van der Waals surface area contributed by atoms with Gasteiger partial charge in [-0.3, -0.25) is 4.90 Å². The highest BCUT2D eigenvalue weighted by atomic mass is 32.2. The highest BCUT2D eigenvalue weighted by Gasteiger charge is 2.31. The lowest BCUT2D eigenvalue weighted by atomic mass is 10.0. The molecule has 6 heteroatoms. The predicted molar refractivity (Wildman–Crippen MR) is 83.9 cm³/mol. The third-order valence-corrected chi connectivity index (χ3v) is 6.56. The fourth-order valence-corrected chi connectivity index (χ4v) is 5.42. The van der Waals surface area contributed by atoms with E-state index in [1.165, 1.54) is 24.2 Å². The minimum atomic E-state index is -3.40. The van der Waals surface area contributed by atoms with Crippen LogP contribution in [0.15, 0.2) is 11.0 Å². The normalized spacial score (nSPS) is 17.8. The second-order valence-corrected chi connectivity index (χ2v) is 9.30. The van der Waals surface area contributed by atoms with Crippen LogP contribution in [0.5, 0.6) is 0 Å². The van der Waals surface area contributed by atoms with E-state index in [0.29, 0.717) is 11.4 Å². The molecule has 2 rings (SSSR count). The summed E-state index contributed by atoms with van der Waals surface area (Å²) in [4.78, 5) is 4.68. The van der Waals surface area contributed by atoms with Crippen molar-refractivity contribution in [2.24, 2.45) is 0 Å². The van der Waals surface area contributed by atoms with Crippen LogP contribution in [-0.4, -0.2) is 38.5 Å². The van der Waals surface area contributed by atoms with Crippen molar-refractivity contribution in [3.8, 4) is 0 Å². The summed E-state index contributed by atoms with van der Waals surface area (Å²) >= 11 is 1.53. The van der Waals surface area contributed by atoms with Crippen molar-refractivity contribution in [2.75, 3.05) is 19.6 Å². The van der Waals surface area contributed by atoms with E-state index in [1.807, 2.05) is 13.8 Å². The molecule has 20 heavy (non-hydrogen) atoms. The van der Waals surface area contributed by atoms with Crippen molar-refractivity contribution < 1.29 is 8.42 Å². The molecule has 1 aromatic heterocycles. The number of thiophene rings is 1. The fourth-order valence-electron chi connectivity index (χ4n) is 2.66. The maximum atomic E-state index is 12.4. The summed E-state index contributed by atoms with van der Waals surface area (Å²) in [6, 6.07) is 1.76. The van der Waals surface area contributed by atoms with E-state index in [2.05, 4.69) is 23.5 Å². The number of rotatable bonds is 5. The van der Waals surface area contributed by atoms with Crippen molar-refractivity contribution in [1.82, 2.24) is 9.62 Å².